The molecule has 0 spiro atoms. The van der Waals surface area contributed by atoms with Crippen molar-refractivity contribution in [3.63, 3.8) is 0 Å². The van der Waals surface area contributed by atoms with E-state index in [0.717, 1.165) is 14.4 Å². The molecule has 30 heavy (non-hydrogen) atoms. The zero-order valence-corrected chi connectivity index (χ0v) is 17.2. The Morgan fingerprint density at radius 3 is 2.30 bits per heavy atom. The quantitative estimate of drug-likeness (QED) is 0.311. The summed E-state index contributed by atoms with van der Waals surface area (Å²) in [6, 6.07) is 13.6. The third kappa shape index (κ3) is 4.36. The Bertz CT molecular complexity index is 1160. The number of nitrogens with one attached hydrogen (secondary N) is 2. The van der Waals surface area contributed by atoms with Gasteiger partial charge in [0, 0.05) is 15.8 Å². The Morgan fingerprint density at radius 1 is 1.00 bits per heavy atom. The molecule has 0 aliphatic rings. The molecule has 0 aliphatic carbocycles. The van der Waals surface area contributed by atoms with Gasteiger partial charge in [0.1, 0.15) is 5.56 Å². The molecule has 0 fully saturated rings. The lowest BCUT2D eigenvalue weighted by molar-refractivity contribution is -0.385. The number of anilines is 2. The number of rotatable bonds is 8. The predicted octanol–water partition coefficient (Wildman–Crippen LogP) is 4.22. The number of aromatic nitrogens is 3. The third-order valence-corrected chi connectivity index (χ3v) is 5.89. The van der Waals surface area contributed by atoms with E-state index in [1.165, 1.54) is 18.2 Å². The molecule has 3 aromatic heterocycles. The summed E-state index contributed by atoms with van der Waals surface area (Å²) in [6.07, 6.45) is 0. The minimum absolute atomic E-state index is 0.0589. The average molecular weight is 441 g/mol. The average Bonchev–Trinajstić information content (AvgIpc) is 3.52. The maximum Gasteiger partial charge on any atom is 0.288 e. The predicted molar refractivity (Wildman–Crippen MR) is 116 cm³/mol. The first kappa shape index (κ1) is 19.7. The molecule has 2 N–H and O–H groups in total. The van der Waals surface area contributed by atoms with Crippen molar-refractivity contribution in [1.82, 2.24) is 14.8 Å². The second-order valence-corrected chi connectivity index (χ2v) is 8.18. The number of benzene rings is 1. The fourth-order valence-corrected chi connectivity index (χ4v) is 4.02. The summed E-state index contributed by atoms with van der Waals surface area (Å²) in [6.45, 7) is 0.955. The van der Waals surface area contributed by atoms with Crippen molar-refractivity contribution in [2.75, 3.05) is 10.6 Å². The number of nitro benzene ring substituents is 1. The summed E-state index contributed by atoms with van der Waals surface area (Å²) >= 11 is 3.16. The molecule has 0 saturated heterocycles. The van der Waals surface area contributed by atoms with Gasteiger partial charge < -0.3 is 10.6 Å². The van der Waals surface area contributed by atoms with Crippen LogP contribution < -0.4 is 10.6 Å². The highest BCUT2D eigenvalue weighted by atomic mass is 32.1. The SMILES string of the molecule is O=C(c1ccccc1[N+](=O)[O-])n1nc(NCc2cccs2)nc1NCc1cccs1. The maximum atomic E-state index is 13.1. The number of hydrogen-bond acceptors (Lipinski definition) is 9. The van der Waals surface area contributed by atoms with Crippen LogP contribution in [-0.4, -0.2) is 25.6 Å². The van der Waals surface area contributed by atoms with E-state index in [4.69, 9.17) is 0 Å². The third-order valence-electron chi connectivity index (χ3n) is 4.13. The molecule has 4 rings (SSSR count). The van der Waals surface area contributed by atoms with Gasteiger partial charge in [-0.3, -0.25) is 14.9 Å². The Morgan fingerprint density at radius 2 is 1.67 bits per heavy atom. The van der Waals surface area contributed by atoms with E-state index in [0.29, 0.717) is 13.1 Å². The van der Waals surface area contributed by atoms with Gasteiger partial charge in [-0.05, 0) is 29.0 Å². The molecule has 0 amide bonds. The van der Waals surface area contributed by atoms with Gasteiger partial charge in [-0.25, -0.2) is 0 Å². The number of thiophene rings is 2. The summed E-state index contributed by atoms with van der Waals surface area (Å²) in [4.78, 5) is 30.4. The zero-order chi connectivity index (χ0) is 20.9. The van der Waals surface area contributed by atoms with Crippen molar-refractivity contribution >= 4 is 46.2 Å². The molecule has 0 radical (unpaired) electrons. The molecule has 11 heteroatoms. The number of nitrogens with zero attached hydrogens (tertiary/aromatic N) is 4. The monoisotopic (exact) mass is 440 g/mol. The molecule has 0 unspecified atom stereocenters. The smallest absolute Gasteiger partial charge is 0.288 e. The van der Waals surface area contributed by atoms with Gasteiger partial charge >= 0.3 is 0 Å². The van der Waals surface area contributed by atoms with Crippen LogP contribution in [0, 0.1) is 10.1 Å². The molecule has 0 saturated carbocycles. The molecule has 0 atom stereocenters. The molecule has 0 aliphatic heterocycles. The van der Waals surface area contributed by atoms with Crippen molar-refractivity contribution < 1.29 is 9.72 Å². The number of hydrogen-bond donors (Lipinski definition) is 2. The Balaban J connectivity index is 1.63. The van der Waals surface area contributed by atoms with Crippen LogP contribution in [0.25, 0.3) is 0 Å². The van der Waals surface area contributed by atoms with Crippen molar-refractivity contribution in [2.24, 2.45) is 0 Å². The van der Waals surface area contributed by atoms with Gasteiger partial charge in [0.15, 0.2) is 0 Å². The van der Waals surface area contributed by atoms with Crippen LogP contribution in [0.4, 0.5) is 17.6 Å². The molecule has 152 valence electrons. The van der Waals surface area contributed by atoms with Gasteiger partial charge in [-0.2, -0.15) is 9.67 Å². The fraction of sp³-hybridized carbons (Fsp3) is 0.105. The Labute approximate surface area is 179 Å². The Kier molecular flexibility index (Phi) is 5.82. The fourth-order valence-electron chi connectivity index (χ4n) is 2.73. The number of para-hydroxylation sites is 1. The van der Waals surface area contributed by atoms with E-state index in [1.54, 1.807) is 28.7 Å². The van der Waals surface area contributed by atoms with Crippen molar-refractivity contribution in [1.29, 1.82) is 0 Å². The highest BCUT2D eigenvalue weighted by Gasteiger charge is 2.25. The lowest BCUT2D eigenvalue weighted by Gasteiger charge is -2.06. The normalized spacial score (nSPS) is 10.7. The second kappa shape index (κ2) is 8.84. The molecule has 9 nitrogen and oxygen atoms in total. The van der Waals surface area contributed by atoms with E-state index in [1.807, 2.05) is 35.0 Å². The van der Waals surface area contributed by atoms with Gasteiger partial charge in [0.05, 0.1) is 18.0 Å². The van der Waals surface area contributed by atoms with Gasteiger partial charge in [0.2, 0.25) is 11.9 Å². The summed E-state index contributed by atoms with van der Waals surface area (Å²) in [7, 11) is 0. The Hall–Kier alpha value is -3.57. The molecule has 1 aromatic carbocycles. The maximum absolute atomic E-state index is 13.1. The lowest BCUT2D eigenvalue weighted by Crippen LogP contribution is -2.18. The molecule has 0 bridgehead atoms. The highest BCUT2D eigenvalue weighted by Crippen LogP contribution is 2.22. The first-order valence-electron chi connectivity index (χ1n) is 8.89. The molecular formula is C19H16N6O3S2. The van der Waals surface area contributed by atoms with Crippen molar-refractivity contribution in [3.05, 3.63) is 84.7 Å². The minimum Gasteiger partial charge on any atom is -0.349 e. The summed E-state index contributed by atoms with van der Waals surface area (Å²) in [5, 5.41) is 25.7. The zero-order valence-electron chi connectivity index (χ0n) is 15.5. The van der Waals surface area contributed by atoms with Crippen LogP contribution in [0.3, 0.4) is 0 Å². The van der Waals surface area contributed by atoms with Gasteiger partial charge in [-0.15, -0.1) is 27.8 Å². The second-order valence-electron chi connectivity index (χ2n) is 6.12. The number of carbonyl (C=O) groups is 1. The van der Waals surface area contributed by atoms with E-state index >= 15 is 0 Å². The van der Waals surface area contributed by atoms with E-state index in [9.17, 15) is 14.9 Å². The van der Waals surface area contributed by atoms with Gasteiger partial charge in [0.25, 0.3) is 11.6 Å². The van der Waals surface area contributed by atoms with Crippen LogP contribution in [-0.2, 0) is 13.1 Å². The standard InChI is InChI=1S/C19H16N6O3S2/c26-17(15-7-1-2-8-16(15)25(27)28)24-19(21-12-14-6-4-10-30-14)22-18(23-24)20-11-13-5-3-9-29-13/h1-10H,11-12H2,(H2,20,21,22,23). The summed E-state index contributed by atoms with van der Waals surface area (Å²) in [5.74, 6) is -0.170. The topological polar surface area (TPSA) is 115 Å². The minimum atomic E-state index is -0.632. The summed E-state index contributed by atoms with van der Waals surface area (Å²) < 4.78 is 1.06. The number of carbonyl (C=O) groups excluding carboxylic acids is 1. The van der Waals surface area contributed by atoms with Crippen LogP contribution in [0.5, 0.6) is 0 Å². The lowest BCUT2D eigenvalue weighted by atomic mass is 10.1. The van der Waals surface area contributed by atoms with Crippen molar-refractivity contribution in [2.45, 2.75) is 13.1 Å². The van der Waals surface area contributed by atoms with E-state index in [2.05, 4.69) is 20.7 Å². The summed E-state index contributed by atoms with van der Waals surface area (Å²) in [5.41, 5.74) is -0.341. The van der Waals surface area contributed by atoms with Crippen LogP contribution in [0.2, 0.25) is 0 Å². The first-order valence-corrected chi connectivity index (χ1v) is 10.7. The van der Waals surface area contributed by atoms with Crippen molar-refractivity contribution in [3.8, 4) is 0 Å². The van der Waals surface area contributed by atoms with Gasteiger partial charge in [-0.1, -0.05) is 24.3 Å². The number of nitro groups is 1. The largest absolute Gasteiger partial charge is 0.349 e. The van der Waals surface area contributed by atoms with Crippen LogP contribution in [0.1, 0.15) is 20.1 Å². The van der Waals surface area contributed by atoms with E-state index in [-0.39, 0.29) is 23.1 Å². The first-order chi connectivity index (χ1) is 14.6. The van der Waals surface area contributed by atoms with Crippen LogP contribution in [0.15, 0.2) is 59.3 Å². The molecule has 4 aromatic rings. The molecule has 3 heterocycles. The van der Waals surface area contributed by atoms with Crippen LogP contribution >= 0.6 is 22.7 Å². The van der Waals surface area contributed by atoms with E-state index < -0.39 is 10.8 Å². The highest BCUT2D eigenvalue weighted by molar-refractivity contribution is 7.10. The molecular weight excluding hydrogens is 424 g/mol.